The van der Waals surface area contributed by atoms with Gasteiger partial charge in [0, 0.05) is 13.1 Å². The number of nitrogens with zero attached hydrogens (tertiary/aromatic N) is 2. The SMILES string of the molecule is COc1cc(C2N3CCc4ccccc4C3CN2S(=O)(=O)c2ccccc2)ccc1OS(=O)(=O)c1ccccc1. The molecule has 1 saturated heterocycles. The van der Waals surface area contributed by atoms with Crippen molar-refractivity contribution in [1.82, 2.24) is 9.21 Å². The maximum Gasteiger partial charge on any atom is 0.339 e. The summed E-state index contributed by atoms with van der Waals surface area (Å²) in [6.45, 7) is 0.942. The normalized spacial score (nSPS) is 19.5. The number of hydrogen-bond acceptors (Lipinski definition) is 7. The van der Waals surface area contributed by atoms with E-state index in [1.54, 1.807) is 60.7 Å². The van der Waals surface area contributed by atoms with E-state index in [0.29, 0.717) is 12.1 Å². The first-order valence-electron chi connectivity index (χ1n) is 12.9. The fourth-order valence-corrected chi connectivity index (χ4v) is 8.16. The fourth-order valence-electron chi connectivity index (χ4n) is 5.58. The average molecular weight is 577 g/mol. The summed E-state index contributed by atoms with van der Waals surface area (Å²) in [4.78, 5) is 2.43. The number of methoxy groups -OCH3 is 1. The first kappa shape index (κ1) is 26.5. The third kappa shape index (κ3) is 4.66. The largest absolute Gasteiger partial charge is 0.493 e. The molecule has 0 aromatic heterocycles. The van der Waals surface area contributed by atoms with Crippen molar-refractivity contribution in [3.8, 4) is 11.5 Å². The Hall–Kier alpha value is -3.70. The predicted octanol–water partition coefficient (Wildman–Crippen LogP) is 4.77. The van der Waals surface area contributed by atoms with Gasteiger partial charge in [0.15, 0.2) is 11.5 Å². The van der Waals surface area contributed by atoms with Crippen LogP contribution in [0.1, 0.15) is 28.9 Å². The molecule has 4 aromatic carbocycles. The van der Waals surface area contributed by atoms with Crippen LogP contribution in [0.3, 0.4) is 0 Å². The molecule has 6 rings (SSSR count). The lowest BCUT2D eigenvalue weighted by molar-refractivity contribution is 0.154. The summed E-state index contributed by atoms with van der Waals surface area (Å²) < 4.78 is 66.3. The quantitative estimate of drug-likeness (QED) is 0.293. The van der Waals surface area contributed by atoms with Crippen LogP contribution < -0.4 is 8.92 Å². The Labute approximate surface area is 234 Å². The first-order chi connectivity index (χ1) is 19.3. The monoisotopic (exact) mass is 576 g/mol. The van der Waals surface area contributed by atoms with Crippen molar-refractivity contribution in [2.45, 2.75) is 28.4 Å². The number of ether oxygens (including phenoxy) is 1. The van der Waals surface area contributed by atoms with E-state index in [1.807, 2.05) is 12.1 Å². The molecule has 2 unspecified atom stereocenters. The van der Waals surface area contributed by atoms with Crippen molar-refractivity contribution in [2.75, 3.05) is 20.2 Å². The van der Waals surface area contributed by atoms with Gasteiger partial charge in [-0.25, -0.2) is 8.42 Å². The smallest absolute Gasteiger partial charge is 0.339 e. The number of rotatable bonds is 7. The van der Waals surface area contributed by atoms with Crippen LogP contribution in [0.5, 0.6) is 11.5 Å². The molecule has 0 radical (unpaired) electrons. The third-order valence-electron chi connectivity index (χ3n) is 7.46. The summed E-state index contributed by atoms with van der Waals surface area (Å²) in [6, 6.07) is 29.2. The highest BCUT2D eigenvalue weighted by Crippen LogP contribution is 2.47. The standard InChI is InChI=1S/C30H28N2O6S2/c1-37-29-20-23(16-17-28(29)38-40(35,36)25-13-6-3-7-14-25)30-31-19-18-22-10-8-9-15-26(22)27(31)21-32(30)39(33,34)24-11-4-2-5-12-24/h2-17,20,27,30H,18-19,21H2,1H3. The zero-order valence-corrected chi connectivity index (χ0v) is 23.4. The lowest BCUT2D eigenvalue weighted by atomic mass is 9.93. The van der Waals surface area contributed by atoms with Gasteiger partial charge in [0.25, 0.3) is 0 Å². The molecule has 0 N–H and O–H groups in total. The molecule has 0 saturated carbocycles. The van der Waals surface area contributed by atoms with Crippen LogP contribution in [0.15, 0.2) is 113 Å². The Morgan fingerprint density at radius 2 is 1.40 bits per heavy atom. The van der Waals surface area contributed by atoms with Crippen LogP contribution in [0.2, 0.25) is 0 Å². The highest BCUT2D eigenvalue weighted by Gasteiger charge is 2.48. The van der Waals surface area contributed by atoms with Crippen molar-refractivity contribution < 1.29 is 25.8 Å². The minimum Gasteiger partial charge on any atom is -0.493 e. The third-order valence-corrected chi connectivity index (χ3v) is 10.5. The summed E-state index contributed by atoms with van der Waals surface area (Å²) in [5, 5.41) is 0. The van der Waals surface area contributed by atoms with Gasteiger partial charge in [-0.05, 0) is 59.5 Å². The van der Waals surface area contributed by atoms with Crippen LogP contribution in [0, 0.1) is 0 Å². The van der Waals surface area contributed by atoms with Crippen LogP contribution in [-0.2, 0) is 26.6 Å². The van der Waals surface area contributed by atoms with E-state index in [2.05, 4.69) is 17.0 Å². The van der Waals surface area contributed by atoms with Gasteiger partial charge >= 0.3 is 10.1 Å². The van der Waals surface area contributed by atoms with E-state index >= 15 is 0 Å². The molecule has 2 aliphatic rings. The summed E-state index contributed by atoms with van der Waals surface area (Å²) in [6.07, 6.45) is 0.160. The molecule has 206 valence electrons. The van der Waals surface area contributed by atoms with E-state index in [-0.39, 0.29) is 33.9 Å². The maximum atomic E-state index is 14.0. The molecular formula is C30H28N2O6S2. The van der Waals surface area contributed by atoms with Gasteiger partial charge in [-0.1, -0.05) is 66.7 Å². The number of hydrogen-bond donors (Lipinski definition) is 0. The molecule has 2 aliphatic heterocycles. The van der Waals surface area contributed by atoms with Gasteiger partial charge in [0.05, 0.1) is 18.0 Å². The highest BCUT2D eigenvalue weighted by atomic mass is 32.2. The van der Waals surface area contributed by atoms with Gasteiger partial charge in [0.2, 0.25) is 10.0 Å². The van der Waals surface area contributed by atoms with Crippen molar-refractivity contribution >= 4 is 20.1 Å². The molecule has 0 aliphatic carbocycles. The highest BCUT2D eigenvalue weighted by molar-refractivity contribution is 7.89. The van der Waals surface area contributed by atoms with E-state index in [1.165, 1.54) is 35.2 Å². The van der Waals surface area contributed by atoms with E-state index in [9.17, 15) is 16.8 Å². The molecule has 0 bridgehead atoms. The van der Waals surface area contributed by atoms with Gasteiger partial charge in [0.1, 0.15) is 11.1 Å². The molecule has 2 atom stereocenters. The predicted molar refractivity (Wildman–Crippen MR) is 150 cm³/mol. The molecule has 2 heterocycles. The maximum absolute atomic E-state index is 14.0. The van der Waals surface area contributed by atoms with Crippen LogP contribution in [-0.4, -0.2) is 46.2 Å². The van der Waals surface area contributed by atoms with Gasteiger partial charge in [-0.3, -0.25) is 4.90 Å². The second-order valence-electron chi connectivity index (χ2n) is 9.72. The van der Waals surface area contributed by atoms with E-state index in [4.69, 9.17) is 8.92 Å². The molecule has 40 heavy (non-hydrogen) atoms. The fraction of sp³-hybridized carbons (Fsp3) is 0.200. The number of sulfonamides is 1. The topological polar surface area (TPSA) is 93.2 Å². The molecule has 4 aromatic rings. The number of benzene rings is 4. The second kappa shape index (κ2) is 10.4. The van der Waals surface area contributed by atoms with E-state index < -0.39 is 26.3 Å². The van der Waals surface area contributed by atoms with Crippen molar-refractivity contribution in [3.63, 3.8) is 0 Å². The molecule has 8 nitrogen and oxygen atoms in total. The molecule has 1 fully saturated rings. The average Bonchev–Trinajstić information content (AvgIpc) is 3.39. The van der Waals surface area contributed by atoms with Gasteiger partial charge in [-0.15, -0.1) is 0 Å². The van der Waals surface area contributed by atoms with Crippen molar-refractivity contribution in [1.29, 1.82) is 0 Å². The molecule has 0 spiro atoms. The second-order valence-corrected chi connectivity index (χ2v) is 13.2. The van der Waals surface area contributed by atoms with Gasteiger partial charge < -0.3 is 8.92 Å². The summed E-state index contributed by atoms with van der Waals surface area (Å²) in [5.74, 6) is 0.209. The zero-order valence-electron chi connectivity index (χ0n) is 21.8. The Morgan fingerprint density at radius 3 is 2.10 bits per heavy atom. The minimum atomic E-state index is -4.10. The van der Waals surface area contributed by atoms with Crippen LogP contribution >= 0.6 is 0 Å². The van der Waals surface area contributed by atoms with Crippen molar-refractivity contribution in [3.05, 3.63) is 120 Å². The van der Waals surface area contributed by atoms with Crippen LogP contribution in [0.25, 0.3) is 0 Å². The number of fused-ring (bicyclic) bond motifs is 3. The van der Waals surface area contributed by atoms with Crippen LogP contribution in [0.4, 0.5) is 0 Å². The first-order valence-corrected chi connectivity index (χ1v) is 15.7. The molecule has 0 amide bonds. The van der Waals surface area contributed by atoms with E-state index in [0.717, 1.165) is 12.0 Å². The Morgan fingerprint density at radius 1 is 0.750 bits per heavy atom. The lowest BCUT2D eigenvalue weighted by Gasteiger charge is -2.36. The summed E-state index contributed by atoms with van der Waals surface area (Å²) >= 11 is 0. The molecular weight excluding hydrogens is 548 g/mol. The zero-order chi connectivity index (χ0) is 27.9. The summed E-state index contributed by atoms with van der Waals surface area (Å²) in [7, 11) is -6.54. The Balaban J connectivity index is 1.42. The Bertz CT molecular complexity index is 1750. The lowest BCUT2D eigenvalue weighted by Crippen LogP contribution is -2.37. The minimum absolute atomic E-state index is 0.0195. The van der Waals surface area contributed by atoms with Gasteiger partial charge in [-0.2, -0.15) is 12.7 Å². The Kier molecular flexibility index (Phi) is 6.87. The summed E-state index contributed by atoms with van der Waals surface area (Å²) in [5.41, 5.74) is 2.99. The molecule has 10 heteroatoms. The van der Waals surface area contributed by atoms with Crippen molar-refractivity contribution in [2.24, 2.45) is 0 Å².